The van der Waals surface area contributed by atoms with Gasteiger partial charge in [-0.2, -0.15) is 0 Å². The van der Waals surface area contributed by atoms with Crippen molar-refractivity contribution in [3.63, 3.8) is 0 Å². The number of ether oxygens (including phenoxy) is 5. The van der Waals surface area contributed by atoms with Crippen molar-refractivity contribution in [2.24, 2.45) is 5.92 Å². The third-order valence-corrected chi connectivity index (χ3v) is 10.2. The van der Waals surface area contributed by atoms with E-state index < -0.39 is 18.1 Å². The van der Waals surface area contributed by atoms with Gasteiger partial charge in [-0.05, 0) is 78.9 Å². The summed E-state index contributed by atoms with van der Waals surface area (Å²) in [6.07, 6.45) is 4.31. The van der Waals surface area contributed by atoms with Crippen LogP contribution < -0.4 is 19.5 Å². The van der Waals surface area contributed by atoms with Gasteiger partial charge in [-0.3, -0.25) is 15.2 Å². The summed E-state index contributed by atoms with van der Waals surface area (Å²) in [7, 11) is 4.66. The van der Waals surface area contributed by atoms with Crippen molar-refractivity contribution in [1.29, 1.82) is 0 Å². The Hall–Kier alpha value is -4.35. The third kappa shape index (κ3) is 8.59. The predicted molar refractivity (Wildman–Crippen MR) is 194 cm³/mol. The summed E-state index contributed by atoms with van der Waals surface area (Å²) in [6, 6.07) is 19.0. The molecule has 1 aromatic heterocycles. The van der Waals surface area contributed by atoms with E-state index in [4.69, 9.17) is 46.9 Å². The highest BCUT2D eigenvalue weighted by molar-refractivity contribution is 6.35. The molecule has 0 spiro atoms. The number of nitrogens with zero attached hydrogens (tertiary/aromatic N) is 2. The average molecular weight is 735 g/mol. The Morgan fingerprint density at radius 1 is 0.882 bits per heavy atom. The van der Waals surface area contributed by atoms with Gasteiger partial charge in [0, 0.05) is 37.5 Å². The minimum Gasteiger partial charge on any atom is -0.496 e. The molecule has 4 heterocycles. The lowest BCUT2D eigenvalue weighted by Gasteiger charge is -2.44. The normalized spacial score (nSPS) is 19.1. The maximum absolute atomic E-state index is 13.8. The van der Waals surface area contributed by atoms with Crippen LogP contribution in [-0.4, -0.2) is 68.9 Å². The number of pyridine rings is 1. The van der Waals surface area contributed by atoms with Crippen molar-refractivity contribution < 1.29 is 33.3 Å². The molecule has 51 heavy (non-hydrogen) atoms. The number of para-hydroxylation sites is 1. The third-order valence-electron chi connectivity index (χ3n) is 9.59. The standard InChI is InChI=1S/C39H41Cl2N3O7/c1-47-32-10-5-4-9-28(32)37(39(46)51-36-23-44-15-13-25(36)14-16-44)43-20-24-7-6-8-27(17-24)38(45)50-34(19-29-30(40)21-42-22-31(29)41)26-11-12-33(48-2)35(18-26)49-3/h4-12,17-18,21-22,25,34,36-37,43H,13-16,19-20,23H2,1-3H3/t34?,36-,37?/m0/s1. The zero-order valence-electron chi connectivity index (χ0n) is 28.8. The number of carbonyl (C=O) groups excluding carboxylic acids is 2. The Labute approximate surface area is 307 Å². The molecule has 7 rings (SSSR count). The Kier molecular flexibility index (Phi) is 12.0. The quantitative estimate of drug-likeness (QED) is 0.136. The molecule has 0 radical (unpaired) electrons. The van der Waals surface area contributed by atoms with Gasteiger partial charge >= 0.3 is 11.9 Å². The number of rotatable bonds is 14. The lowest BCUT2D eigenvalue weighted by atomic mass is 9.86. The van der Waals surface area contributed by atoms with E-state index >= 15 is 0 Å². The van der Waals surface area contributed by atoms with Crippen LogP contribution >= 0.6 is 23.2 Å². The first kappa shape index (κ1) is 36.4. The molecule has 1 N–H and O–H groups in total. The van der Waals surface area contributed by atoms with Crippen molar-refractivity contribution in [2.45, 2.75) is 44.1 Å². The van der Waals surface area contributed by atoms with E-state index in [2.05, 4.69) is 15.2 Å². The van der Waals surface area contributed by atoms with Gasteiger partial charge in [-0.1, -0.05) is 59.6 Å². The van der Waals surface area contributed by atoms with Gasteiger partial charge in [-0.25, -0.2) is 9.59 Å². The Balaban J connectivity index is 1.22. The van der Waals surface area contributed by atoms with Crippen LogP contribution in [0.3, 0.4) is 0 Å². The van der Waals surface area contributed by atoms with Crippen LogP contribution in [0.15, 0.2) is 79.1 Å². The fourth-order valence-electron chi connectivity index (χ4n) is 6.81. The second-order valence-corrected chi connectivity index (χ2v) is 13.5. The molecular formula is C39H41Cl2N3O7. The zero-order chi connectivity index (χ0) is 35.9. The number of esters is 2. The van der Waals surface area contributed by atoms with Crippen molar-refractivity contribution in [1.82, 2.24) is 15.2 Å². The topological polar surface area (TPSA) is 108 Å². The molecule has 3 aliphatic rings. The highest BCUT2D eigenvalue weighted by atomic mass is 35.5. The fraction of sp³-hybridized carbons (Fsp3) is 0.359. The maximum atomic E-state index is 13.8. The molecule has 268 valence electrons. The van der Waals surface area contributed by atoms with Gasteiger partial charge < -0.3 is 23.7 Å². The average Bonchev–Trinajstić information content (AvgIpc) is 3.16. The van der Waals surface area contributed by atoms with Crippen molar-refractivity contribution >= 4 is 35.1 Å². The highest BCUT2D eigenvalue weighted by Gasteiger charge is 2.38. The van der Waals surface area contributed by atoms with Crippen LogP contribution in [0.2, 0.25) is 10.0 Å². The molecule has 3 saturated heterocycles. The maximum Gasteiger partial charge on any atom is 0.338 e. The zero-order valence-corrected chi connectivity index (χ0v) is 30.3. The van der Waals surface area contributed by atoms with Gasteiger partial charge in [-0.15, -0.1) is 0 Å². The molecule has 3 aliphatic heterocycles. The van der Waals surface area contributed by atoms with E-state index in [9.17, 15) is 9.59 Å². The molecule has 3 atom stereocenters. The van der Waals surface area contributed by atoms with Gasteiger partial charge in [0.05, 0.1) is 36.9 Å². The Morgan fingerprint density at radius 2 is 1.61 bits per heavy atom. The minimum atomic E-state index is -0.795. The molecule has 0 amide bonds. The lowest BCUT2D eigenvalue weighted by Crippen LogP contribution is -2.52. The monoisotopic (exact) mass is 733 g/mol. The number of benzene rings is 3. The number of nitrogens with one attached hydrogen (secondary N) is 1. The Morgan fingerprint density at radius 3 is 2.29 bits per heavy atom. The smallest absolute Gasteiger partial charge is 0.338 e. The number of piperidine rings is 3. The van der Waals surface area contributed by atoms with Crippen LogP contribution in [0.4, 0.5) is 0 Å². The van der Waals surface area contributed by atoms with E-state index in [1.54, 1.807) is 50.6 Å². The first-order valence-electron chi connectivity index (χ1n) is 16.9. The predicted octanol–water partition coefficient (Wildman–Crippen LogP) is 7.02. The van der Waals surface area contributed by atoms with E-state index in [1.165, 1.54) is 19.5 Å². The summed E-state index contributed by atoms with van der Waals surface area (Å²) in [5.74, 6) is 1.04. The van der Waals surface area contributed by atoms with Gasteiger partial charge in [0.15, 0.2) is 11.5 Å². The summed E-state index contributed by atoms with van der Waals surface area (Å²) in [6.45, 7) is 3.11. The van der Waals surface area contributed by atoms with Crippen molar-refractivity contribution in [3.8, 4) is 17.2 Å². The molecule has 2 bridgehead atoms. The van der Waals surface area contributed by atoms with Crippen LogP contribution in [0.25, 0.3) is 0 Å². The molecule has 0 aliphatic carbocycles. The SMILES string of the molecule is COc1ccc(C(Cc2c(Cl)cncc2Cl)OC(=O)c2cccc(CNC(C(=O)O[C@H]3CN4CCC3CC4)c3ccccc3OC)c2)cc1OC. The van der Waals surface area contributed by atoms with Gasteiger partial charge in [0.1, 0.15) is 24.0 Å². The van der Waals surface area contributed by atoms with Crippen LogP contribution in [0.5, 0.6) is 17.2 Å². The van der Waals surface area contributed by atoms with Crippen LogP contribution in [0.1, 0.15) is 57.6 Å². The van der Waals surface area contributed by atoms with E-state index in [0.29, 0.717) is 55.5 Å². The first-order valence-corrected chi connectivity index (χ1v) is 17.6. The molecule has 3 aromatic carbocycles. The minimum absolute atomic E-state index is 0.146. The summed E-state index contributed by atoms with van der Waals surface area (Å²) < 4.78 is 28.9. The molecule has 10 nitrogen and oxygen atoms in total. The number of methoxy groups -OCH3 is 3. The molecule has 0 saturated carbocycles. The molecular weight excluding hydrogens is 693 g/mol. The number of carbonyl (C=O) groups is 2. The van der Waals surface area contributed by atoms with E-state index in [0.717, 1.165) is 38.0 Å². The second-order valence-electron chi connectivity index (χ2n) is 12.7. The fourth-order valence-corrected chi connectivity index (χ4v) is 7.33. The largest absolute Gasteiger partial charge is 0.496 e. The van der Waals surface area contributed by atoms with Crippen molar-refractivity contribution in [2.75, 3.05) is 41.0 Å². The molecule has 4 aromatic rings. The second kappa shape index (κ2) is 16.8. The molecule has 2 unspecified atom stereocenters. The summed E-state index contributed by atoms with van der Waals surface area (Å²) in [5, 5.41) is 4.09. The van der Waals surface area contributed by atoms with Gasteiger partial charge in [0.25, 0.3) is 0 Å². The first-order chi connectivity index (χ1) is 24.8. The number of halogens is 2. The summed E-state index contributed by atoms with van der Waals surface area (Å²) in [4.78, 5) is 34.0. The summed E-state index contributed by atoms with van der Waals surface area (Å²) in [5.41, 5.74) is 3.02. The molecule has 3 fully saturated rings. The van der Waals surface area contributed by atoms with Gasteiger partial charge in [0.2, 0.25) is 0 Å². The van der Waals surface area contributed by atoms with Crippen molar-refractivity contribution in [3.05, 3.63) is 117 Å². The lowest BCUT2D eigenvalue weighted by molar-refractivity contribution is -0.161. The van der Waals surface area contributed by atoms with Crippen LogP contribution in [0, 0.1) is 5.92 Å². The highest BCUT2D eigenvalue weighted by Crippen LogP contribution is 2.36. The van der Waals surface area contributed by atoms with E-state index in [-0.39, 0.29) is 25.0 Å². The van der Waals surface area contributed by atoms with Crippen LogP contribution in [-0.2, 0) is 27.2 Å². The summed E-state index contributed by atoms with van der Waals surface area (Å²) >= 11 is 13.0. The molecule has 12 heteroatoms. The number of hydrogen-bond acceptors (Lipinski definition) is 10. The number of aromatic nitrogens is 1. The number of fused-ring (bicyclic) bond motifs is 3. The Bertz CT molecular complexity index is 1830. The van der Waals surface area contributed by atoms with E-state index in [1.807, 2.05) is 30.3 Å². The number of hydrogen-bond donors (Lipinski definition) is 1.